The standard InChI is InChI=1S/C5H2F3N3O/c6-5(7,8)4-11-2(1-9)3(10)12-4/h10H2. The number of oxazole rings is 1. The largest absolute Gasteiger partial charge is 0.469 e. The third kappa shape index (κ3) is 1.32. The third-order valence-electron chi connectivity index (χ3n) is 1.00. The SMILES string of the molecule is N#Cc1nc(C(F)(F)F)oc1N. The lowest BCUT2D eigenvalue weighted by Gasteiger charge is -1.96. The van der Waals surface area contributed by atoms with Gasteiger partial charge in [-0.1, -0.05) is 0 Å². The molecule has 2 N–H and O–H groups in total. The molecule has 0 aliphatic rings. The summed E-state index contributed by atoms with van der Waals surface area (Å²) in [6.07, 6.45) is -4.71. The number of anilines is 1. The molecule has 0 saturated carbocycles. The van der Waals surface area contributed by atoms with Crippen LogP contribution in [-0.4, -0.2) is 4.98 Å². The van der Waals surface area contributed by atoms with E-state index in [1.807, 2.05) is 0 Å². The predicted molar refractivity (Wildman–Crippen MR) is 30.6 cm³/mol. The maximum absolute atomic E-state index is 11.8. The van der Waals surface area contributed by atoms with Gasteiger partial charge in [-0.25, -0.2) is 0 Å². The lowest BCUT2D eigenvalue weighted by Crippen LogP contribution is -2.04. The van der Waals surface area contributed by atoms with Crippen molar-refractivity contribution in [2.24, 2.45) is 0 Å². The maximum atomic E-state index is 11.8. The minimum absolute atomic E-state index is 0.553. The van der Waals surface area contributed by atoms with E-state index in [0.717, 1.165) is 0 Å². The summed E-state index contributed by atoms with van der Waals surface area (Å²) in [5.74, 6) is -2.12. The van der Waals surface area contributed by atoms with Gasteiger partial charge in [-0.3, -0.25) is 0 Å². The van der Waals surface area contributed by atoms with Gasteiger partial charge in [-0.15, -0.1) is 0 Å². The summed E-state index contributed by atoms with van der Waals surface area (Å²) in [7, 11) is 0. The Bertz CT molecular complexity index is 335. The second-order valence-corrected chi connectivity index (χ2v) is 1.84. The van der Waals surface area contributed by atoms with Crippen molar-refractivity contribution in [2.45, 2.75) is 6.18 Å². The van der Waals surface area contributed by atoms with Gasteiger partial charge in [0.05, 0.1) is 0 Å². The first-order chi connectivity index (χ1) is 5.45. The number of nitrogens with zero attached hydrogens (tertiary/aromatic N) is 2. The average molecular weight is 177 g/mol. The van der Waals surface area contributed by atoms with E-state index in [2.05, 4.69) is 9.40 Å². The second-order valence-electron chi connectivity index (χ2n) is 1.84. The van der Waals surface area contributed by atoms with Crippen LogP contribution in [0, 0.1) is 11.3 Å². The molecule has 0 aliphatic heterocycles. The number of rotatable bonds is 0. The van der Waals surface area contributed by atoms with Gasteiger partial charge in [0.15, 0.2) is 0 Å². The smallest absolute Gasteiger partial charge is 0.415 e. The predicted octanol–water partition coefficient (Wildman–Crippen LogP) is 1.15. The number of hydrogen-bond acceptors (Lipinski definition) is 4. The molecular weight excluding hydrogens is 175 g/mol. The van der Waals surface area contributed by atoms with Crippen molar-refractivity contribution in [1.82, 2.24) is 4.98 Å². The highest BCUT2D eigenvalue weighted by Crippen LogP contribution is 2.30. The normalized spacial score (nSPS) is 11.2. The number of alkyl halides is 3. The summed E-state index contributed by atoms with van der Waals surface area (Å²) in [4.78, 5) is 2.82. The van der Waals surface area contributed by atoms with Gasteiger partial charge in [-0.2, -0.15) is 23.4 Å². The fourth-order valence-corrected chi connectivity index (χ4v) is 0.533. The minimum Gasteiger partial charge on any atom is -0.415 e. The average Bonchev–Trinajstić information content (AvgIpc) is 2.29. The van der Waals surface area contributed by atoms with Crippen LogP contribution < -0.4 is 5.73 Å². The highest BCUT2D eigenvalue weighted by molar-refractivity contribution is 5.40. The molecule has 0 saturated heterocycles. The molecule has 7 heteroatoms. The van der Waals surface area contributed by atoms with Gasteiger partial charge in [0.2, 0.25) is 11.6 Å². The van der Waals surface area contributed by atoms with Crippen LogP contribution in [0.1, 0.15) is 11.6 Å². The molecule has 0 aliphatic carbocycles. The van der Waals surface area contributed by atoms with E-state index in [4.69, 9.17) is 11.0 Å². The molecule has 0 spiro atoms. The molecule has 12 heavy (non-hydrogen) atoms. The molecule has 1 heterocycles. The van der Waals surface area contributed by atoms with Crippen molar-refractivity contribution in [1.29, 1.82) is 5.26 Å². The Balaban J connectivity index is 3.16. The van der Waals surface area contributed by atoms with Gasteiger partial charge in [-0.05, 0) is 0 Å². The highest BCUT2D eigenvalue weighted by atomic mass is 19.4. The minimum atomic E-state index is -4.71. The summed E-state index contributed by atoms with van der Waals surface area (Å²) in [6, 6.07) is 1.36. The van der Waals surface area contributed by atoms with Crippen molar-refractivity contribution in [3.05, 3.63) is 11.6 Å². The lowest BCUT2D eigenvalue weighted by molar-refractivity contribution is -0.156. The molecule has 0 bridgehead atoms. The number of halogens is 3. The summed E-state index contributed by atoms with van der Waals surface area (Å²) >= 11 is 0. The van der Waals surface area contributed by atoms with Crippen molar-refractivity contribution >= 4 is 5.88 Å². The topological polar surface area (TPSA) is 75.8 Å². The van der Waals surface area contributed by atoms with Crippen LogP contribution in [-0.2, 0) is 6.18 Å². The maximum Gasteiger partial charge on any atom is 0.469 e. The van der Waals surface area contributed by atoms with Crippen LogP contribution in [0.15, 0.2) is 4.42 Å². The number of nitrogen functional groups attached to an aromatic ring is 1. The zero-order chi connectivity index (χ0) is 9.35. The fourth-order valence-electron chi connectivity index (χ4n) is 0.533. The van der Waals surface area contributed by atoms with Crippen LogP contribution in [0.4, 0.5) is 19.1 Å². The quantitative estimate of drug-likeness (QED) is 0.644. The first kappa shape index (κ1) is 8.39. The summed E-state index contributed by atoms with van der Waals surface area (Å²) < 4.78 is 39.4. The third-order valence-corrected chi connectivity index (χ3v) is 1.00. The van der Waals surface area contributed by atoms with E-state index >= 15 is 0 Å². The van der Waals surface area contributed by atoms with Crippen LogP contribution in [0.25, 0.3) is 0 Å². The zero-order valence-electron chi connectivity index (χ0n) is 5.51. The molecule has 0 fully saturated rings. The van der Waals surface area contributed by atoms with Crippen LogP contribution in [0.2, 0.25) is 0 Å². The Morgan fingerprint density at radius 1 is 1.50 bits per heavy atom. The monoisotopic (exact) mass is 177 g/mol. The Labute approximate surface area is 64.4 Å². The van der Waals surface area contributed by atoms with Gasteiger partial charge in [0.25, 0.3) is 0 Å². The van der Waals surface area contributed by atoms with Crippen molar-refractivity contribution < 1.29 is 17.6 Å². The van der Waals surface area contributed by atoms with Crippen LogP contribution >= 0.6 is 0 Å². The molecule has 0 radical (unpaired) electrons. The Morgan fingerprint density at radius 2 is 2.08 bits per heavy atom. The Hall–Kier alpha value is -1.71. The molecule has 64 valence electrons. The van der Waals surface area contributed by atoms with Gasteiger partial charge >= 0.3 is 12.1 Å². The van der Waals surface area contributed by atoms with E-state index in [1.165, 1.54) is 6.07 Å². The van der Waals surface area contributed by atoms with E-state index in [9.17, 15) is 13.2 Å². The Morgan fingerprint density at radius 3 is 2.33 bits per heavy atom. The van der Waals surface area contributed by atoms with Crippen LogP contribution in [0.3, 0.4) is 0 Å². The zero-order valence-corrected chi connectivity index (χ0v) is 5.51. The molecule has 0 unspecified atom stereocenters. The van der Waals surface area contributed by atoms with E-state index in [-0.39, 0.29) is 0 Å². The number of nitrogens with two attached hydrogens (primary N) is 1. The molecule has 0 amide bonds. The van der Waals surface area contributed by atoms with E-state index < -0.39 is 23.6 Å². The van der Waals surface area contributed by atoms with Crippen molar-refractivity contribution in [3.63, 3.8) is 0 Å². The number of nitriles is 1. The number of hydrogen-bond donors (Lipinski definition) is 1. The molecule has 4 nitrogen and oxygen atoms in total. The van der Waals surface area contributed by atoms with Crippen LogP contribution in [0.5, 0.6) is 0 Å². The lowest BCUT2D eigenvalue weighted by atomic mass is 10.5. The second kappa shape index (κ2) is 2.41. The van der Waals surface area contributed by atoms with Crippen molar-refractivity contribution in [3.8, 4) is 6.07 Å². The molecule has 1 aromatic heterocycles. The molecule has 0 atom stereocenters. The van der Waals surface area contributed by atoms with E-state index in [1.54, 1.807) is 0 Å². The fraction of sp³-hybridized carbons (Fsp3) is 0.200. The molecule has 1 aromatic rings. The number of aromatic nitrogens is 1. The molecular formula is C5H2F3N3O. The first-order valence-electron chi connectivity index (χ1n) is 2.68. The Kier molecular flexibility index (Phi) is 1.68. The summed E-state index contributed by atoms with van der Waals surface area (Å²) in [5.41, 5.74) is 4.34. The van der Waals surface area contributed by atoms with Gasteiger partial charge in [0, 0.05) is 0 Å². The highest BCUT2D eigenvalue weighted by Gasteiger charge is 2.38. The van der Waals surface area contributed by atoms with E-state index in [0.29, 0.717) is 0 Å². The summed E-state index contributed by atoms with van der Waals surface area (Å²) in [5, 5.41) is 8.18. The first-order valence-corrected chi connectivity index (χ1v) is 2.68. The van der Waals surface area contributed by atoms with Gasteiger partial charge in [0.1, 0.15) is 6.07 Å². The van der Waals surface area contributed by atoms with Gasteiger partial charge < -0.3 is 10.2 Å². The summed E-state index contributed by atoms with van der Waals surface area (Å²) in [6.45, 7) is 0. The molecule has 0 aromatic carbocycles. The molecule has 1 rings (SSSR count). The van der Waals surface area contributed by atoms with Crippen molar-refractivity contribution in [2.75, 3.05) is 5.73 Å².